The van der Waals surface area contributed by atoms with Crippen LogP contribution < -0.4 is 5.32 Å². The molecular weight excluding hydrogens is 361 g/mol. The molecule has 3 rings (SSSR count). The van der Waals surface area contributed by atoms with Gasteiger partial charge >= 0.3 is 0 Å². The Morgan fingerprint density at radius 3 is 2.96 bits per heavy atom. The second kappa shape index (κ2) is 9.29. The zero-order chi connectivity index (χ0) is 16.9. The molecule has 2 heterocycles. The summed E-state index contributed by atoms with van der Waals surface area (Å²) in [4.78, 5) is 17.6. The van der Waals surface area contributed by atoms with Crippen molar-refractivity contribution >= 4 is 29.7 Å². The van der Waals surface area contributed by atoms with Gasteiger partial charge in [0.05, 0.1) is 13.1 Å². The van der Waals surface area contributed by atoms with E-state index in [-0.39, 0.29) is 30.2 Å². The van der Waals surface area contributed by atoms with E-state index in [0.29, 0.717) is 13.1 Å². The summed E-state index contributed by atoms with van der Waals surface area (Å²) in [6.07, 6.45) is 0. The molecule has 1 amide bonds. The Labute approximate surface area is 158 Å². The number of likely N-dealkylation sites (N-methyl/N-ethyl adjacent to an activating group) is 1. The molecular formula is C18H23ClFN3OS. The lowest BCUT2D eigenvalue weighted by Crippen LogP contribution is -2.49. The van der Waals surface area contributed by atoms with Gasteiger partial charge in [0.1, 0.15) is 5.82 Å². The van der Waals surface area contributed by atoms with E-state index in [1.54, 1.807) is 28.4 Å². The van der Waals surface area contributed by atoms with Gasteiger partial charge in [-0.3, -0.25) is 9.69 Å². The minimum absolute atomic E-state index is 0. The van der Waals surface area contributed by atoms with Crippen LogP contribution in [0.4, 0.5) is 4.39 Å². The molecule has 1 N–H and O–H groups in total. The van der Waals surface area contributed by atoms with Crippen LogP contribution in [0.5, 0.6) is 0 Å². The Kier molecular flexibility index (Phi) is 7.38. The molecule has 0 aliphatic carbocycles. The van der Waals surface area contributed by atoms with Crippen molar-refractivity contribution in [2.24, 2.45) is 0 Å². The van der Waals surface area contributed by atoms with E-state index >= 15 is 0 Å². The van der Waals surface area contributed by atoms with Crippen LogP contribution in [0.3, 0.4) is 0 Å². The fourth-order valence-electron chi connectivity index (χ4n) is 3.00. The van der Waals surface area contributed by atoms with Gasteiger partial charge in [-0.15, -0.1) is 23.7 Å². The number of amides is 1. The second-order valence-corrected chi connectivity index (χ2v) is 7.11. The van der Waals surface area contributed by atoms with Crippen molar-refractivity contribution in [1.29, 1.82) is 0 Å². The van der Waals surface area contributed by atoms with E-state index < -0.39 is 0 Å². The van der Waals surface area contributed by atoms with Crippen LogP contribution in [0, 0.1) is 5.82 Å². The molecule has 1 aliphatic heterocycles. The number of carbonyl (C=O) groups excluding carboxylic acids is 1. The molecule has 1 aromatic heterocycles. The van der Waals surface area contributed by atoms with E-state index in [1.165, 1.54) is 10.9 Å². The van der Waals surface area contributed by atoms with Gasteiger partial charge in [-0.2, -0.15) is 0 Å². The topological polar surface area (TPSA) is 35.6 Å². The molecule has 1 atom stereocenters. The molecule has 0 bridgehead atoms. The molecule has 0 spiro atoms. The average Bonchev–Trinajstić information content (AvgIpc) is 3.08. The zero-order valence-electron chi connectivity index (χ0n) is 14.2. The molecule has 1 aliphatic rings. The molecule has 1 aromatic carbocycles. The fraction of sp³-hybridized carbons (Fsp3) is 0.389. The lowest BCUT2D eigenvalue weighted by atomic mass is 10.0. The Morgan fingerprint density at radius 1 is 1.40 bits per heavy atom. The van der Waals surface area contributed by atoms with Gasteiger partial charge in [0.15, 0.2) is 0 Å². The first-order valence-corrected chi connectivity index (χ1v) is 8.98. The van der Waals surface area contributed by atoms with Crippen LogP contribution in [-0.2, 0) is 11.3 Å². The largest absolute Gasteiger partial charge is 0.340 e. The maximum Gasteiger partial charge on any atom is 0.236 e. The number of nitrogens with one attached hydrogen (secondary N) is 1. The van der Waals surface area contributed by atoms with Gasteiger partial charge in [0, 0.05) is 37.6 Å². The van der Waals surface area contributed by atoms with E-state index in [2.05, 4.69) is 10.2 Å². The van der Waals surface area contributed by atoms with Crippen molar-refractivity contribution in [2.75, 3.05) is 33.2 Å². The number of rotatable bonds is 5. The number of nitrogens with zero attached hydrogens (tertiary/aromatic N) is 2. The molecule has 25 heavy (non-hydrogen) atoms. The van der Waals surface area contributed by atoms with Gasteiger partial charge < -0.3 is 10.2 Å². The SMILES string of the molecule is CN(Cc1cccs1)C(=O)CN1CCNCC1c1cccc(F)c1.Cl. The third-order valence-corrected chi connectivity index (χ3v) is 5.19. The van der Waals surface area contributed by atoms with E-state index in [1.807, 2.05) is 30.6 Å². The van der Waals surface area contributed by atoms with Crippen molar-refractivity contribution in [3.8, 4) is 0 Å². The highest BCUT2D eigenvalue weighted by Gasteiger charge is 2.26. The predicted octanol–water partition coefficient (Wildman–Crippen LogP) is 2.91. The van der Waals surface area contributed by atoms with Crippen LogP contribution in [0.2, 0.25) is 0 Å². The fourth-order valence-corrected chi connectivity index (χ4v) is 3.75. The Morgan fingerprint density at radius 2 is 2.24 bits per heavy atom. The maximum atomic E-state index is 13.5. The predicted molar refractivity (Wildman–Crippen MR) is 102 cm³/mol. The van der Waals surface area contributed by atoms with Crippen molar-refractivity contribution in [3.63, 3.8) is 0 Å². The normalized spacial score (nSPS) is 17.8. The molecule has 136 valence electrons. The molecule has 4 nitrogen and oxygen atoms in total. The van der Waals surface area contributed by atoms with Gasteiger partial charge in [0.2, 0.25) is 5.91 Å². The van der Waals surface area contributed by atoms with Crippen LogP contribution in [0.25, 0.3) is 0 Å². The Balaban J connectivity index is 0.00000225. The molecule has 1 fully saturated rings. The summed E-state index contributed by atoms with van der Waals surface area (Å²) in [5, 5.41) is 5.35. The average molecular weight is 384 g/mol. The van der Waals surface area contributed by atoms with Crippen LogP contribution >= 0.6 is 23.7 Å². The first-order valence-electron chi connectivity index (χ1n) is 8.10. The number of carbonyl (C=O) groups is 1. The Bertz CT molecular complexity index is 683. The van der Waals surface area contributed by atoms with Gasteiger partial charge in [0.25, 0.3) is 0 Å². The number of piperazine rings is 1. The summed E-state index contributed by atoms with van der Waals surface area (Å²) >= 11 is 1.65. The molecule has 7 heteroatoms. The highest BCUT2D eigenvalue weighted by Crippen LogP contribution is 2.23. The minimum atomic E-state index is -0.237. The number of benzene rings is 1. The summed E-state index contributed by atoms with van der Waals surface area (Å²) in [5.74, 6) is -0.147. The van der Waals surface area contributed by atoms with Crippen LogP contribution in [-0.4, -0.2) is 48.9 Å². The first-order chi connectivity index (χ1) is 11.6. The van der Waals surface area contributed by atoms with Crippen molar-refractivity contribution < 1.29 is 9.18 Å². The molecule has 0 saturated carbocycles. The second-order valence-electron chi connectivity index (χ2n) is 6.07. The molecule has 2 aromatic rings. The molecule has 1 saturated heterocycles. The minimum Gasteiger partial charge on any atom is -0.340 e. The lowest BCUT2D eigenvalue weighted by molar-refractivity contribution is -0.132. The summed E-state index contributed by atoms with van der Waals surface area (Å²) in [7, 11) is 1.83. The number of halogens is 2. The monoisotopic (exact) mass is 383 g/mol. The third-order valence-electron chi connectivity index (χ3n) is 4.32. The van der Waals surface area contributed by atoms with E-state index in [4.69, 9.17) is 0 Å². The first kappa shape index (κ1) is 19.8. The van der Waals surface area contributed by atoms with Crippen molar-refractivity contribution in [3.05, 3.63) is 58.0 Å². The van der Waals surface area contributed by atoms with Gasteiger partial charge in [-0.1, -0.05) is 18.2 Å². The van der Waals surface area contributed by atoms with Crippen LogP contribution in [0.1, 0.15) is 16.5 Å². The third kappa shape index (κ3) is 5.25. The van der Waals surface area contributed by atoms with E-state index in [9.17, 15) is 9.18 Å². The quantitative estimate of drug-likeness (QED) is 0.862. The lowest BCUT2D eigenvalue weighted by Gasteiger charge is -2.36. The molecule has 0 radical (unpaired) electrons. The number of hydrogen-bond acceptors (Lipinski definition) is 4. The number of thiophene rings is 1. The van der Waals surface area contributed by atoms with E-state index in [0.717, 1.165) is 25.2 Å². The van der Waals surface area contributed by atoms with Gasteiger partial charge in [-0.05, 0) is 29.1 Å². The zero-order valence-corrected chi connectivity index (χ0v) is 15.8. The van der Waals surface area contributed by atoms with Gasteiger partial charge in [-0.25, -0.2) is 4.39 Å². The standard InChI is InChI=1S/C18H22FN3OS.ClH/c1-21(12-16-6-3-9-24-16)18(23)13-22-8-7-20-11-17(22)14-4-2-5-15(19)10-14;/h2-6,9-10,17,20H,7-8,11-13H2,1H3;1H. The summed E-state index contributed by atoms with van der Waals surface area (Å²) in [5.41, 5.74) is 0.913. The summed E-state index contributed by atoms with van der Waals surface area (Å²) in [6, 6.07) is 10.7. The summed E-state index contributed by atoms with van der Waals surface area (Å²) < 4.78 is 13.5. The van der Waals surface area contributed by atoms with Crippen LogP contribution in [0.15, 0.2) is 41.8 Å². The smallest absolute Gasteiger partial charge is 0.236 e. The van der Waals surface area contributed by atoms with Crippen molar-refractivity contribution in [2.45, 2.75) is 12.6 Å². The Hall–Kier alpha value is -1.47. The highest BCUT2D eigenvalue weighted by atomic mass is 35.5. The van der Waals surface area contributed by atoms with Crippen molar-refractivity contribution in [1.82, 2.24) is 15.1 Å². The maximum absolute atomic E-state index is 13.5. The molecule has 1 unspecified atom stereocenters. The highest BCUT2D eigenvalue weighted by molar-refractivity contribution is 7.09. The number of hydrogen-bond donors (Lipinski definition) is 1. The summed E-state index contributed by atoms with van der Waals surface area (Å²) in [6.45, 7) is 3.33.